The largest absolute Gasteiger partial charge is 0.394 e. The van der Waals surface area contributed by atoms with Gasteiger partial charge < -0.3 is 79.9 Å². The highest BCUT2D eigenvalue weighted by Gasteiger charge is 2.51. The van der Waals surface area contributed by atoms with Crippen LogP contribution < -0.4 is 0 Å². The summed E-state index contributed by atoms with van der Waals surface area (Å²) in [4.78, 5) is 0. The molecule has 3 saturated heterocycles. The van der Waals surface area contributed by atoms with E-state index in [4.69, 9.17) is 23.7 Å². The lowest BCUT2D eigenvalue weighted by Crippen LogP contribution is -2.65. The molecule has 0 aromatic carbocycles. The first-order chi connectivity index (χ1) is 16.0. The normalized spacial score (nSPS) is 52.5. The Morgan fingerprint density at radius 2 is 1.00 bits per heavy atom. The predicted molar refractivity (Wildman–Crippen MR) is 101 cm³/mol. The third-order valence-corrected chi connectivity index (χ3v) is 6.07. The Balaban J connectivity index is 1.65. The average Bonchev–Trinajstić information content (AvgIpc) is 2.82. The van der Waals surface area contributed by atoms with Crippen LogP contribution in [0.3, 0.4) is 0 Å². The van der Waals surface area contributed by atoms with Crippen LogP contribution in [0, 0.1) is 0 Å². The van der Waals surface area contributed by atoms with Crippen molar-refractivity contribution in [3.63, 3.8) is 0 Å². The Kier molecular flexibility index (Phi) is 9.54. The van der Waals surface area contributed by atoms with Gasteiger partial charge in [0.2, 0.25) is 0 Å². The Bertz CT molecular complexity index is 637. The molecule has 3 aliphatic rings. The first-order valence-corrected chi connectivity index (χ1v) is 10.6. The van der Waals surface area contributed by atoms with E-state index in [-0.39, 0.29) is 0 Å². The van der Waals surface area contributed by atoms with Gasteiger partial charge in [0.15, 0.2) is 18.9 Å². The predicted octanol–water partition coefficient (Wildman–Crippen LogP) is -7.57. The van der Waals surface area contributed by atoms with Crippen molar-refractivity contribution in [1.82, 2.24) is 0 Å². The number of aliphatic hydroxyl groups is 11. The van der Waals surface area contributed by atoms with E-state index in [9.17, 15) is 56.2 Å². The van der Waals surface area contributed by atoms with Crippen molar-refractivity contribution < 1.29 is 79.9 Å². The summed E-state index contributed by atoms with van der Waals surface area (Å²) < 4.78 is 26.1. The minimum Gasteiger partial charge on any atom is -0.394 e. The third kappa shape index (κ3) is 5.52. The Labute approximate surface area is 192 Å². The van der Waals surface area contributed by atoms with Crippen molar-refractivity contribution in [2.75, 3.05) is 19.8 Å². The molecule has 0 aromatic heterocycles. The topological polar surface area (TPSA) is 269 Å². The summed E-state index contributed by atoms with van der Waals surface area (Å²) in [5.41, 5.74) is 0. The monoisotopic (exact) mass is 504 g/mol. The van der Waals surface area contributed by atoms with Gasteiger partial charge >= 0.3 is 0 Å². The molecule has 200 valence electrons. The molecule has 16 heteroatoms. The standard InChI is InChI=1S/C18H32O16/c19-1-4-7(21)10(24)12(26)17(32-4)30-3-6-9(23)15(14(28)16(29)31-6)34-18-13(27)11(25)8(22)5(2-20)33-18/h4-29H,1-3H2/t4-,5-,6-,7-,8-,9-,10?,11+,12?,13+,14+,15+,16+,17+,18-/m1/s1. The molecule has 3 heterocycles. The lowest BCUT2D eigenvalue weighted by atomic mass is 9.97. The molecule has 3 aliphatic heterocycles. The van der Waals surface area contributed by atoms with Gasteiger partial charge in [0.25, 0.3) is 0 Å². The molecule has 34 heavy (non-hydrogen) atoms. The SMILES string of the molecule is OC[C@H]1O[C@H](O[C@@H]2[C@H](O)[C@@H](O)O[C@H](CO[C@H]3O[C@H](CO)[C@@H](O)C(O)C3O)[C@H]2O)[C@@H](O)[C@@H](O)[C@@H]1O. The Morgan fingerprint density at radius 3 is 1.53 bits per heavy atom. The van der Waals surface area contributed by atoms with E-state index in [2.05, 4.69) is 0 Å². The second-order valence-electron chi connectivity index (χ2n) is 8.37. The molecule has 0 aromatic rings. The van der Waals surface area contributed by atoms with Crippen LogP contribution in [-0.2, 0) is 23.7 Å². The quantitative estimate of drug-likeness (QED) is 0.154. The molecule has 11 N–H and O–H groups in total. The van der Waals surface area contributed by atoms with Crippen LogP contribution in [0.4, 0.5) is 0 Å². The fourth-order valence-corrected chi connectivity index (χ4v) is 3.94. The zero-order valence-corrected chi connectivity index (χ0v) is 17.7. The molecule has 0 amide bonds. The lowest BCUT2D eigenvalue weighted by molar-refractivity contribution is -0.361. The number of rotatable bonds is 7. The van der Waals surface area contributed by atoms with Gasteiger partial charge in [0.05, 0.1) is 19.8 Å². The summed E-state index contributed by atoms with van der Waals surface area (Å²) in [7, 11) is 0. The second kappa shape index (κ2) is 11.6. The van der Waals surface area contributed by atoms with Crippen LogP contribution in [0.5, 0.6) is 0 Å². The van der Waals surface area contributed by atoms with Crippen LogP contribution in [0.25, 0.3) is 0 Å². The number of aliphatic hydroxyl groups excluding tert-OH is 11. The van der Waals surface area contributed by atoms with Crippen LogP contribution in [-0.4, -0.2) is 168 Å². The maximum absolute atomic E-state index is 10.6. The third-order valence-electron chi connectivity index (χ3n) is 6.07. The second-order valence-corrected chi connectivity index (χ2v) is 8.37. The minimum absolute atomic E-state index is 0.609. The zero-order chi connectivity index (χ0) is 25.3. The fourth-order valence-electron chi connectivity index (χ4n) is 3.94. The minimum atomic E-state index is -1.93. The first kappa shape index (κ1) is 27.9. The van der Waals surface area contributed by atoms with Crippen LogP contribution >= 0.6 is 0 Å². The highest BCUT2D eigenvalue weighted by molar-refractivity contribution is 4.94. The van der Waals surface area contributed by atoms with E-state index in [0.717, 1.165) is 0 Å². The molecule has 16 nitrogen and oxygen atoms in total. The van der Waals surface area contributed by atoms with Crippen molar-refractivity contribution in [2.45, 2.75) is 92.1 Å². The van der Waals surface area contributed by atoms with Gasteiger partial charge in [-0.1, -0.05) is 0 Å². The van der Waals surface area contributed by atoms with Gasteiger partial charge in [0.1, 0.15) is 73.2 Å². The van der Waals surface area contributed by atoms with E-state index in [1.807, 2.05) is 0 Å². The van der Waals surface area contributed by atoms with E-state index >= 15 is 0 Å². The maximum atomic E-state index is 10.6. The van der Waals surface area contributed by atoms with Crippen molar-refractivity contribution in [3.05, 3.63) is 0 Å². The average molecular weight is 504 g/mol. The Hall–Kier alpha value is -0.640. The fraction of sp³-hybridized carbons (Fsp3) is 1.00. The molecule has 0 aliphatic carbocycles. The molecular weight excluding hydrogens is 472 g/mol. The molecule has 15 atom stereocenters. The highest BCUT2D eigenvalue weighted by Crippen LogP contribution is 2.29. The van der Waals surface area contributed by atoms with E-state index in [0.29, 0.717) is 0 Å². The van der Waals surface area contributed by atoms with Crippen molar-refractivity contribution in [2.24, 2.45) is 0 Å². The van der Waals surface area contributed by atoms with Crippen molar-refractivity contribution in [1.29, 1.82) is 0 Å². The van der Waals surface area contributed by atoms with Gasteiger partial charge in [-0.2, -0.15) is 0 Å². The van der Waals surface area contributed by atoms with E-state index < -0.39 is 112 Å². The molecule has 3 rings (SSSR count). The molecule has 2 unspecified atom stereocenters. The summed E-state index contributed by atoms with van der Waals surface area (Å²) >= 11 is 0. The summed E-state index contributed by atoms with van der Waals surface area (Å²) in [6.07, 6.45) is -24.9. The molecule has 0 radical (unpaired) electrons. The van der Waals surface area contributed by atoms with Crippen LogP contribution in [0.1, 0.15) is 0 Å². The van der Waals surface area contributed by atoms with Crippen molar-refractivity contribution >= 4 is 0 Å². The van der Waals surface area contributed by atoms with Crippen LogP contribution in [0.15, 0.2) is 0 Å². The lowest BCUT2D eigenvalue weighted by Gasteiger charge is -2.45. The summed E-state index contributed by atoms with van der Waals surface area (Å²) in [6.45, 7) is -2.06. The van der Waals surface area contributed by atoms with Gasteiger partial charge in [-0.3, -0.25) is 0 Å². The smallest absolute Gasteiger partial charge is 0.187 e. The summed E-state index contributed by atoms with van der Waals surface area (Å²) in [5.74, 6) is 0. The molecule has 0 spiro atoms. The summed E-state index contributed by atoms with van der Waals surface area (Å²) in [5, 5.41) is 109. The highest BCUT2D eigenvalue weighted by atomic mass is 16.7. The number of hydrogen-bond acceptors (Lipinski definition) is 16. The molecule has 0 saturated carbocycles. The molecular formula is C18H32O16. The first-order valence-electron chi connectivity index (χ1n) is 10.6. The van der Waals surface area contributed by atoms with Gasteiger partial charge in [-0.25, -0.2) is 0 Å². The Morgan fingerprint density at radius 1 is 0.500 bits per heavy atom. The van der Waals surface area contributed by atoms with Gasteiger partial charge in [-0.05, 0) is 0 Å². The van der Waals surface area contributed by atoms with E-state index in [1.54, 1.807) is 0 Å². The number of ether oxygens (including phenoxy) is 5. The maximum Gasteiger partial charge on any atom is 0.187 e. The van der Waals surface area contributed by atoms with Gasteiger partial charge in [-0.15, -0.1) is 0 Å². The van der Waals surface area contributed by atoms with Crippen LogP contribution in [0.2, 0.25) is 0 Å². The van der Waals surface area contributed by atoms with Crippen molar-refractivity contribution in [3.8, 4) is 0 Å². The number of hydrogen-bond donors (Lipinski definition) is 11. The summed E-state index contributed by atoms with van der Waals surface area (Å²) in [6, 6.07) is 0. The van der Waals surface area contributed by atoms with E-state index in [1.165, 1.54) is 0 Å². The van der Waals surface area contributed by atoms with Gasteiger partial charge in [0, 0.05) is 0 Å². The molecule has 3 fully saturated rings. The molecule has 0 bridgehead atoms. The zero-order valence-electron chi connectivity index (χ0n) is 17.7.